The quantitative estimate of drug-likeness (QED) is 0.700. The molecule has 2 aliphatic rings. The molecule has 0 spiro atoms. The normalized spacial score (nSPS) is 20.8. The molecule has 2 heterocycles. The Labute approximate surface area is 167 Å². The summed E-state index contributed by atoms with van der Waals surface area (Å²) in [5, 5.41) is 0. The minimum atomic E-state index is 0.728. The number of rotatable bonds is 4. The standard InChI is InChI=1S/C24H28N4/c1-2-4-22-17-24(10-7-21(22)3-1)27-15-13-26(14-16-27)18-20-5-8-23(9-6-20)28-12-11-25-19-28/h1-6,8-9,11-12,19,24H,7,10,13-18H2/t24-/m0/s1. The van der Waals surface area contributed by atoms with Crippen molar-refractivity contribution in [2.24, 2.45) is 0 Å². The summed E-state index contributed by atoms with van der Waals surface area (Å²) in [5.74, 6) is 0. The summed E-state index contributed by atoms with van der Waals surface area (Å²) in [6, 6.07) is 18.6. The topological polar surface area (TPSA) is 24.3 Å². The Morgan fingerprint density at radius 1 is 0.893 bits per heavy atom. The van der Waals surface area contributed by atoms with Gasteiger partial charge < -0.3 is 4.57 Å². The molecule has 1 atom stereocenters. The molecule has 1 fully saturated rings. The van der Waals surface area contributed by atoms with E-state index < -0.39 is 0 Å². The van der Waals surface area contributed by atoms with Gasteiger partial charge in [-0.25, -0.2) is 4.98 Å². The van der Waals surface area contributed by atoms with Crippen LogP contribution in [0.3, 0.4) is 0 Å². The SMILES string of the molecule is c1ccc2c(c1)CC[C@H](N1CCN(Cc3ccc(-n4ccnc4)cc3)CC1)C2. The van der Waals surface area contributed by atoms with E-state index in [9.17, 15) is 0 Å². The van der Waals surface area contributed by atoms with E-state index in [2.05, 4.69) is 63.3 Å². The number of piperazine rings is 1. The number of hydrogen-bond donors (Lipinski definition) is 0. The van der Waals surface area contributed by atoms with Crippen molar-refractivity contribution in [1.29, 1.82) is 0 Å². The molecular formula is C24H28N4. The Morgan fingerprint density at radius 2 is 1.68 bits per heavy atom. The highest BCUT2D eigenvalue weighted by Crippen LogP contribution is 2.25. The first-order valence-corrected chi connectivity index (χ1v) is 10.5. The van der Waals surface area contributed by atoms with Crippen LogP contribution in [0.5, 0.6) is 0 Å². The van der Waals surface area contributed by atoms with Crippen LogP contribution in [0.15, 0.2) is 67.3 Å². The number of aromatic nitrogens is 2. The molecule has 0 bridgehead atoms. The molecule has 144 valence electrons. The van der Waals surface area contributed by atoms with Gasteiger partial charge in [-0.1, -0.05) is 36.4 Å². The van der Waals surface area contributed by atoms with E-state index in [0.717, 1.165) is 12.6 Å². The van der Waals surface area contributed by atoms with Crippen molar-refractivity contribution in [3.63, 3.8) is 0 Å². The highest BCUT2D eigenvalue weighted by molar-refractivity contribution is 5.34. The fraction of sp³-hybridized carbons (Fsp3) is 0.375. The highest BCUT2D eigenvalue weighted by Gasteiger charge is 2.27. The highest BCUT2D eigenvalue weighted by atomic mass is 15.3. The lowest BCUT2D eigenvalue weighted by atomic mass is 9.87. The smallest absolute Gasteiger partial charge is 0.0991 e. The largest absolute Gasteiger partial charge is 0.306 e. The molecule has 1 aromatic heterocycles. The molecule has 2 aromatic carbocycles. The second kappa shape index (κ2) is 7.90. The van der Waals surface area contributed by atoms with Crippen LogP contribution in [0.4, 0.5) is 0 Å². The van der Waals surface area contributed by atoms with Gasteiger partial charge in [0, 0.05) is 56.8 Å². The number of imidazole rings is 1. The van der Waals surface area contributed by atoms with E-state index in [1.54, 1.807) is 11.1 Å². The van der Waals surface area contributed by atoms with E-state index in [1.807, 2.05) is 23.3 Å². The van der Waals surface area contributed by atoms with Crippen LogP contribution < -0.4 is 0 Å². The van der Waals surface area contributed by atoms with Crippen molar-refractivity contribution in [2.75, 3.05) is 26.2 Å². The van der Waals surface area contributed by atoms with Crippen LogP contribution in [0, 0.1) is 0 Å². The third kappa shape index (κ3) is 3.75. The molecule has 0 saturated carbocycles. The Bertz CT molecular complexity index is 893. The summed E-state index contributed by atoms with van der Waals surface area (Å²) in [6.07, 6.45) is 9.43. The van der Waals surface area contributed by atoms with Gasteiger partial charge in [0.05, 0.1) is 6.33 Å². The van der Waals surface area contributed by atoms with Gasteiger partial charge in [0.1, 0.15) is 0 Å². The van der Waals surface area contributed by atoms with Crippen LogP contribution >= 0.6 is 0 Å². The predicted octanol–water partition coefficient (Wildman–Crippen LogP) is 3.55. The lowest BCUT2D eigenvalue weighted by Gasteiger charge is -2.41. The Kier molecular flexibility index (Phi) is 4.98. The minimum Gasteiger partial charge on any atom is -0.306 e. The van der Waals surface area contributed by atoms with Crippen molar-refractivity contribution in [1.82, 2.24) is 19.4 Å². The zero-order valence-electron chi connectivity index (χ0n) is 16.4. The number of benzene rings is 2. The average molecular weight is 373 g/mol. The van der Waals surface area contributed by atoms with E-state index in [1.165, 1.54) is 56.7 Å². The summed E-state index contributed by atoms with van der Waals surface area (Å²) in [6.45, 7) is 5.77. The molecule has 28 heavy (non-hydrogen) atoms. The Hall–Kier alpha value is -2.43. The second-order valence-electron chi connectivity index (χ2n) is 8.11. The first kappa shape index (κ1) is 17.7. The minimum absolute atomic E-state index is 0.728. The summed E-state index contributed by atoms with van der Waals surface area (Å²) in [4.78, 5) is 9.45. The zero-order valence-corrected chi connectivity index (χ0v) is 16.4. The van der Waals surface area contributed by atoms with Crippen molar-refractivity contribution in [2.45, 2.75) is 31.8 Å². The van der Waals surface area contributed by atoms with Crippen molar-refractivity contribution < 1.29 is 0 Å². The molecule has 1 aliphatic carbocycles. The van der Waals surface area contributed by atoms with Gasteiger partial charge in [-0.3, -0.25) is 9.80 Å². The van der Waals surface area contributed by atoms with Gasteiger partial charge >= 0.3 is 0 Å². The average Bonchev–Trinajstić information content (AvgIpc) is 3.29. The fourth-order valence-corrected chi connectivity index (χ4v) is 4.72. The van der Waals surface area contributed by atoms with Gasteiger partial charge in [0.25, 0.3) is 0 Å². The van der Waals surface area contributed by atoms with Gasteiger partial charge in [-0.05, 0) is 48.1 Å². The summed E-state index contributed by atoms with van der Waals surface area (Å²) < 4.78 is 2.05. The Morgan fingerprint density at radius 3 is 2.43 bits per heavy atom. The molecule has 1 aliphatic heterocycles. The van der Waals surface area contributed by atoms with Crippen LogP contribution in [-0.2, 0) is 19.4 Å². The number of hydrogen-bond acceptors (Lipinski definition) is 3. The molecule has 0 radical (unpaired) electrons. The van der Waals surface area contributed by atoms with Crippen LogP contribution in [0.2, 0.25) is 0 Å². The molecule has 4 heteroatoms. The first-order valence-electron chi connectivity index (χ1n) is 10.5. The lowest BCUT2D eigenvalue weighted by Crippen LogP contribution is -2.51. The monoisotopic (exact) mass is 372 g/mol. The van der Waals surface area contributed by atoms with Gasteiger partial charge in [0.15, 0.2) is 0 Å². The third-order valence-corrected chi connectivity index (χ3v) is 6.39. The van der Waals surface area contributed by atoms with Gasteiger partial charge in [-0.15, -0.1) is 0 Å². The van der Waals surface area contributed by atoms with E-state index >= 15 is 0 Å². The number of fused-ring (bicyclic) bond motifs is 1. The lowest BCUT2D eigenvalue weighted by molar-refractivity contribution is 0.0856. The van der Waals surface area contributed by atoms with Crippen molar-refractivity contribution >= 4 is 0 Å². The third-order valence-electron chi connectivity index (χ3n) is 6.39. The van der Waals surface area contributed by atoms with Gasteiger partial charge in [0.2, 0.25) is 0 Å². The van der Waals surface area contributed by atoms with E-state index in [0.29, 0.717) is 0 Å². The molecule has 0 unspecified atom stereocenters. The van der Waals surface area contributed by atoms with Crippen LogP contribution in [-0.4, -0.2) is 51.6 Å². The molecular weight excluding hydrogens is 344 g/mol. The molecule has 3 aromatic rings. The maximum atomic E-state index is 4.12. The molecule has 4 nitrogen and oxygen atoms in total. The predicted molar refractivity (Wildman–Crippen MR) is 113 cm³/mol. The van der Waals surface area contributed by atoms with Crippen LogP contribution in [0.1, 0.15) is 23.1 Å². The van der Waals surface area contributed by atoms with Crippen LogP contribution in [0.25, 0.3) is 5.69 Å². The molecule has 0 N–H and O–H groups in total. The fourth-order valence-electron chi connectivity index (χ4n) is 4.72. The summed E-state index contributed by atoms with van der Waals surface area (Å²) in [5.41, 5.74) is 5.70. The summed E-state index contributed by atoms with van der Waals surface area (Å²) in [7, 11) is 0. The van der Waals surface area contributed by atoms with Crippen molar-refractivity contribution in [3.05, 3.63) is 83.9 Å². The molecule has 5 rings (SSSR count). The second-order valence-corrected chi connectivity index (χ2v) is 8.11. The zero-order chi connectivity index (χ0) is 18.8. The maximum Gasteiger partial charge on any atom is 0.0991 e. The van der Waals surface area contributed by atoms with Gasteiger partial charge in [-0.2, -0.15) is 0 Å². The number of nitrogens with zero attached hydrogens (tertiary/aromatic N) is 4. The Balaban J connectivity index is 1.15. The number of aryl methyl sites for hydroxylation is 1. The maximum absolute atomic E-state index is 4.12. The summed E-state index contributed by atoms with van der Waals surface area (Å²) >= 11 is 0. The molecule has 1 saturated heterocycles. The first-order chi connectivity index (χ1) is 13.8. The molecule has 0 amide bonds. The van der Waals surface area contributed by atoms with Crippen molar-refractivity contribution in [3.8, 4) is 5.69 Å². The van der Waals surface area contributed by atoms with E-state index in [-0.39, 0.29) is 0 Å². The van der Waals surface area contributed by atoms with E-state index in [4.69, 9.17) is 0 Å².